The summed E-state index contributed by atoms with van der Waals surface area (Å²) < 4.78 is 1.60. The predicted molar refractivity (Wildman–Crippen MR) is 63.8 cm³/mol. The normalized spacial score (nSPS) is 16.6. The molecule has 0 unspecified atom stereocenters. The molecule has 2 rings (SSSR count). The Labute approximate surface area is 92.8 Å². The van der Waals surface area contributed by atoms with Gasteiger partial charge in [-0.1, -0.05) is 0 Å². The molecule has 0 aromatic carbocycles. The van der Waals surface area contributed by atoms with Gasteiger partial charge in [-0.2, -0.15) is 0 Å². The van der Waals surface area contributed by atoms with Gasteiger partial charge < -0.3 is 0 Å². The van der Waals surface area contributed by atoms with Crippen molar-refractivity contribution in [2.75, 3.05) is 0 Å². The van der Waals surface area contributed by atoms with Crippen molar-refractivity contribution in [1.29, 1.82) is 0 Å². The molecule has 1 radical (unpaired) electrons. The molecule has 4 heteroatoms. The molecule has 0 atom stereocenters. The van der Waals surface area contributed by atoms with Gasteiger partial charge in [0.05, 0.1) is 0 Å². The van der Waals surface area contributed by atoms with E-state index in [-0.39, 0.29) is 0 Å². The van der Waals surface area contributed by atoms with Crippen LogP contribution in [-0.2, 0) is 4.84 Å². The third kappa shape index (κ3) is 2.14. The molecule has 14 heavy (non-hydrogen) atoms. The predicted octanol–water partition coefficient (Wildman–Crippen LogP) is 2.58. The van der Waals surface area contributed by atoms with Crippen LogP contribution in [0, 0.1) is 6.61 Å². The van der Waals surface area contributed by atoms with Crippen molar-refractivity contribution in [3.05, 3.63) is 23.6 Å². The van der Waals surface area contributed by atoms with Crippen LogP contribution in [0.2, 0.25) is 14.8 Å². The molecule has 0 saturated carbocycles. The standard InChI is InChI=1S/C7H5NOS.3CH3.Sn/c1-2-7(10-5-1)6-3-4-9-8-6;;;;/h1-2,4H,3H2;3*1H3;. The maximum atomic E-state index is 4.89. The molecule has 1 aliphatic heterocycles. The Morgan fingerprint density at radius 2 is 2.14 bits per heavy atom. The van der Waals surface area contributed by atoms with E-state index in [1.54, 1.807) is 9.50 Å². The first-order valence-corrected chi connectivity index (χ1v) is 15.5. The monoisotopic (exact) mass is 316 g/mol. The van der Waals surface area contributed by atoms with Crippen molar-refractivity contribution in [3.8, 4) is 0 Å². The fraction of sp³-hybridized carbons (Fsp3) is 0.400. The molecular formula is C10H14NOSSn. The molecule has 1 aromatic rings. The molecule has 0 saturated heterocycles. The van der Waals surface area contributed by atoms with Crippen LogP contribution >= 0.6 is 11.3 Å². The molecule has 1 aromatic heterocycles. The van der Waals surface area contributed by atoms with E-state index < -0.39 is 18.4 Å². The van der Waals surface area contributed by atoms with E-state index in [2.05, 4.69) is 32.1 Å². The van der Waals surface area contributed by atoms with Crippen molar-refractivity contribution >= 4 is 38.3 Å². The molecule has 2 heterocycles. The summed E-state index contributed by atoms with van der Waals surface area (Å²) in [5.74, 6) is 0. The quantitative estimate of drug-likeness (QED) is 0.769. The summed E-state index contributed by atoms with van der Waals surface area (Å²) in [4.78, 5) is 13.5. The summed E-state index contributed by atoms with van der Waals surface area (Å²) in [6, 6.07) is 4.46. The van der Waals surface area contributed by atoms with Crippen molar-refractivity contribution < 1.29 is 4.84 Å². The second-order valence-electron chi connectivity index (χ2n) is 4.43. The second kappa shape index (κ2) is 3.85. The van der Waals surface area contributed by atoms with Crippen LogP contribution in [0.3, 0.4) is 0 Å². The zero-order valence-corrected chi connectivity index (χ0v) is 12.4. The maximum absolute atomic E-state index is 4.89. The summed E-state index contributed by atoms with van der Waals surface area (Å²) in [6.45, 7) is 1.75. The first kappa shape index (κ1) is 10.5. The number of nitrogens with zero attached hydrogens (tertiary/aromatic N) is 1. The summed E-state index contributed by atoms with van der Waals surface area (Å²) in [7, 11) is 0. The van der Waals surface area contributed by atoms with Gasteiger partial charge in [-0.25, -0.2) is 0 Å². The molecule has 1 aliphatic rings. The van der Waals surface area contributed by atoms with Gasteiger partial charge >= 0.3 is 93.2 Å². The SMILES string of the molecule is [CH3][Sn]([CH3])([CH3])[c]1ccc(C2=NO[CH]C2)s1. The van der Waals surface area contributed by atoms with Crippen LogP contribution < -0.4 is 2.89 Å². The van der Waals surface area contributed by atoms with Crippen LogP contribution in [0.5, 0.6) is 0 Å². The molecule has 0 N–H and O–H groups in total. The summed E-state index contributed by atoms with van der Waals surface area (Å²) in [6.07, 6.45) is 0.847. The molecule has 0 amide bonds. The topological polar surface area (TPSA) is 21.6 Å². The number of oxime groups is 1. The van der Waals surface area contributed by atoms with Gasteiger partial charge in [0.15, 0.2) is 0 Å². The Morgan fingerprint density at radius 1 is 1.36 bits per heavy atom. The van der Waals surface area contributed by atoms with E-state index in [1.165, 1.54) is 4.88 Å². The van der Waals surface area contributed by atoms with Crippen LogP contribution in [0.1, 0.15) is 11.3 Å². The molecule has 0 bridgehead atoms. The molecular weight excluding hydrogens is 301 g/mol. The third-order valence-electron chi connectivity index (χ3n) is 2.14. The first-order chi connectivity index (χ1) is 6.57. The molecule has 75 valence electrons. The van der Waals surface area contributed by atoms with Crippen LogP contribution in [0.4, 0.5) is 0 Å². The Hall–Kier alpha value is -0.0313. The zero-order chi connectivity index (χ0) is 10.2. The van der Waals surface area contributed by atoms with E-state index in [0.717, 1.165) is 12.1 Å². The van der Waals surface area contributed by atoms with Crippen LogP contribution in [-0.4, -0.2) is 24.1 Å². The molecule has 0 aliphatic carbocycles. The van der Waals surface area contributed by atoms with E-state index in [1.807, 2.05) is 11.3 Å². The number of rotatable bonds is 2. The van der Waals surface area contributed by atoms with Gasteiger partial charge in [0, 0.05) is 0 Å². The summed E-state index contributed by atoms with van der Waals surface area (Å²) in [5, 5.41) is 4.00. The van der Waals surface area contributed by atoms with Gasteiger partial charge in [-0.15, -0.1) is 0 Å². The van der Waals surface area contributed by atoms with E-state index in [0.29, 0.717) is 0 Å². The van der Waals surface area contributed by atoms with Gasteiger partial charge in [-0.3, -0.25) is 0 Å². The van der Waals surface area contributed by atoms with Crippen LogP contribution in [0.15, 0.2) is 17.3 Å². The van der Waals surface area contributed by atoms with Gasteiger partial charge in [-0.05, 0) is 0 Å². The Morgan fingerprint density at radius 3 is 2.64 bits per heavy atom. The number of hydrogen-bond acceptors (Lipinski definition) is 3. The fourth-order valence-electron chi connectivity index (χ4n) is 1.30. The zero-order valence-electron chi connectivity index (χ0n) is 8.70. The Balaban J connectivity index is 2.26. The van der Waals surface area contributed by atoms with E-state index in [9.17, 15) is 0 Å². The van der Waals surface area contributed by atoms with E-state index >= 15 is 0 Å². The second-order valence-corrected chi connectivity index (χ2v) is 20.9. The number of thiophene rings is 1. The van der Waals surface area contributed by atoms with Crippen molar-refractivity contribution in [3.63, 3.8) is 0 Å². The molecule has 0 fully saturated rings. The molecule has 0 spiro atoms. The van der Waals surface area contributed by atoms with E-state index in [4.69, 9.17) is 4.84 Å². The van der Waals surface area contributed by atoms with Crippen LogP contribution in [0.25, 0.3) is 0 Å². The molecule has 2 nitrogen and oxygen atoms in total. The first-order valence-electron chi connectivity index (χ1n) is 4.72. The summed E-state index contributed by atoms with van der Waals surface area (Å²) >= 11 is 0.0422. The fourth-order valence-corrected chi connectivity index (χ4v) is 7.58. The average Bonchev–Trinajstić information content (AvgIpc) is 2.73. The minimum absolute atomic E-state index is 0.847. The Bertz CT molecular complexity index is 364. The minimum atomic E-state index is -1.86. The van der Waals surface area contributed by atoms with Crippen molar-refractivity contribution in [2.24, 2.45) is 5.16 Å². The summed E-state index contributed by atoms with van der Waals surface area (Å²) in [5.41, 5.74) is 1.08. The van der Waals surface area contributed by atoms with Crippen molar-refractivity contribution in [1.82, 2.24) is 0 Å². The average molecular weight is 315 g/mol. The Kier molecular flexibility index (Phi) is 2.88. The van der Waals surface area contributed by atoms with Gasteiger partial charge in [0.25, 0.3) is 0 Å². The number of hydrogen-bond donors (Lipinski definition) is 0. The van der Waals surface area contributed by atoms with Crippen molar-refractivity contribution in [2.45, 2.75) is 21.2 Å². The van der Waals surface area contributed by atoms with Gasteiger partial charge in [0.2, 0.25) is 0 Å². The third-order valence-corrected chi connectivity index (χ3v) is 12.8. The van der Waals surface area contributed by atoms with Gasteiger partial charge in [0.1, 0.15) is 0 Å².